The van der Waals surface area contributed by atoms with Gasteiger partial charge in [0.1, 0.15) is 6.54 Å². The number of hydrogen-bond acceptors (Lipinski definition) is 3. The predicted molar refractivity (Wildman–Crippen MR) is 57.8 cm³/mol. The van der Waals surface area contributed by atoms with E-state index in [4.69, 9.17) is 0 Å². The standard InChI is InChI=1S/C10H16F3N3O2/c1-2-15(7-10(11,12)13)8(17)9(18)16-5-3-14-4-6-16/h14H,2-7H2,1H3. The van der Waals surface area contributed by atoms with E-state index in [2.05, 4.69) is 5.32 Å². The third-order valence-corrected chi connectivity index (χ3v) is 2.63. The molecule has 0 spiro atoms. The highest BCUT2D eigenvalue weighted by Crippen LogP contribution is 2.16. The van der Waals surface area contributed by atoms with E-state index in [1.807, 2.05) is 0 Å². The zero-order valence-corrected chi connectivity index (χ0v) is 10.1. The lowest BCUT2D eigenvalue weighted by Gasteiger charge is -2.29. The Morgan fingerprint density at radius 1 is 1.28 bits per heavy atom. The smallest absolute Gasteiger partial charge is 0.332 e. The minimum Gasteiger partial charge on any atom is -0.332 e. The minimum absolute atomic E-state index is 0.143. The van der Waals surface area contributed by atoms with Crippen LogP contribution in [-0.2, 0) is 9.59 Å². The molecular weight excluding hydrogens is 251 g/mol. The Bertz CT molecular complexity index is 314. The molecule has 0 radical (unpaired) electrons. The van der Waals surface area contributed by atoms with Crippen molar-refractivity contribution in [2.45, 2.75) is 13.1 Å². The average molecular weight is 267 g/mol. The van der Waals surface area contributed by atoms with Gasteiger partial charge >= 0.3 is 18.0 Å². The van der Waals surface area contributed by atoms with Crippen LogP contribution in [0.3, 0.4) is 0 Å². The highest BCUT2D eigenvalue weighted by atomic mass is 19.4. The number of carbonyl (C=O) groups is 2. The molecule has 104 valence electrons. The summed E-state index contributed by atoms with van der Waals surface area (Å²) in [4.78, 5) is 25.2. The van der Waals surface area contributed by atoms with E-state index < -0.39 is 24.5 Å². The summed E-state index contributed by atoms with van der Waals surface area (Å²) in [5.74, 6) is -1.95. The monoisotopic (exact) mass is 267 g/mol. The summed E-state index contributed by atoms with van der Waals surface area (Å²) in [5.41, 5.74) is 0. The first-order valence-electron chi connectivity index (χ1n) is 5.71. The Labute approximate surface area is 103 Å². The SMILES string of the molecule is CCN(CC(F)(F)F)C(=O)C(=O)N1CCNCC1. The van der Waals surface area contributed by atoms with Gasteiger partial charge in [0, 0.05) is 32.7 Å². The lowest BCUT2D eigenvalue weighted by atomic mass is 10.3. The van der Waals surface area contributed by atoms with Crippen LogP contribution in [0.15, 0.2) is 0 Å². The summed E-state index contributed by atoms with van der Waals surface area (Å²) in [7, 11) is 0. The van der Waals surface area contributed by atoms with Crippen LogP contribution >= 0.6 is 0 Å². The molecule has 0 atom stereocenters. The van der Waals surface area contributed by atoms with Crippen molar-refractivity contribution in [3.05, 3.63) is 0 Å². The van der Waals surface area contributed by atoms with E-state index >= 15 is 0 Å². The number of nitrogens with one attached hydrogen (secondary N) is 1. The summed E-state index contributed by atoms with van der Waals surface area (Å²) in [5, 5.41) is 2.99. The Hall–Kier alpha value is -1.31. The van der Waals surface area contributed by atoms with Crippen molar-refractivity contribution >= 4 is 11.8 Å². The molecule has 1 heterocycles. The van der Waals surface area contributed by atoms with E-state index in [0.717, 1.165) is 0 Å². The third-order valence-electron chi connectivity index (χ3n) is 2.63. The second-order valence-corrected chi connectivity index (χ2v) is 3.98. The number of amides is 2. The van der Waals surface area contributed by atoms with Gasteiger partial charge in [0.2, 0.25) is 0 Å². The molecule has 2 amide bonds. The molecular formula is C10H16F3N3O2. The average Bonchev–Trinajstić information content (AvgIpc) is 2.34. The third kappa shape index (κ3) is 4.17. The van der Waals surface area contributed by atoms with Crippen LogP contribution in [0.4, 0.5) is 13.2 Å². The number of alkyl halides is 3. The molecule has 0 aromatic rings. The molecule has 1 rings (SSSR count). The molecule has 1 saturated heterocycles. The molecule has 5 nitrogen and oxygen atoms in total. The van der Waals surface area contributed by atoms with Crippen LogP contribution in [0.25, 0.3) is 0 Å². The molecule has 0 aliphatic carbocycles. The van der Waals surface area contributed by atoms with Gasteiger partial charge in [0.15, 0.2) is 0 Å². The van der Waals surface area contributed by atoms with E-state index in [0.29, 0.717) is 31.1 Å². The fourth-order valence-corrected chi connectivity index (χ4v) is 1.68. The molecule has 1 fully saturated rings. The molecule has 1 aliphatic rings. The molecule has 8 heteroatoms. The lowest BCUT2D eigenvalue weighted by molar-refractivity contribution is -0.167. The molecule has 0 bridgehead atoms. The van der Waals surface area contributed by atoms with E-state index in [1.54, 1.807) is 0 Å². The van der Waals surface area contributed by atoms with E-state index in [-0.39, 0.29) is 6.54 Å². The van der Waals surface area contributed by atoms with Gasteiger partial charge in [-0.15, -0.1) is 0 Å². The van der Waals surface area contributed by atoms with Crippen molar-refractivity contribution in [2.24, 2.45) is 0 Å². The Kier molecular flexibility index (Phi) is 4.94. The maximum absolute atomic E-state index is 12.2. The van der Waals surface area contributed by atoms with E-state index in [9.17, 15) is 22.8 Å². The van der Waals surface area contributed by atoms with Crippen molar-refractivity contribution < 1.29 is 22.8 Å². The summed E-state index contributed by atoms with van der Waals surface area (Å²) in [6.45, 7) is 1.65. The van der Waals surface area contributed by atoms with Crippen LogP contribution in [0.5, 0.6) is 0 Å². The quantitative estimate of drug-likeness (QED) is 0.707. The van der Waals surface area contributed by atoms with Gasteiger partial charge in [-0.25, -0.2) is 0 Å². The molecule has 0 saturated carbocycles. The summed E-state index contributed by atoms with van der Waals surface area (Å²) < 4.78 is 36.7. The minimum atomic E-state index is -4.49. The molecule has 0 aromatic carbocycles. The molecule has 1 aliphatic heterocycles. The second kappa shape index (κ2) is 6.03. The number of nitrogens with zero attached hydrogens (tertiary/aromatic N) is 2. The van der Waals surface area contributed by atoms with Gasteiger partial charge < -0.3 is 15.1 Å². The van der Waals surface area contributed by atoms with Crippen molar-refractivity contribution in [2.75, 3.05) is 39.3 Å². The van der Waals surface area contributed by atoms with Crippen molar-refractivity contribution in [1.82, 2.24) is 15.1 Å². The Morgan fingerprint density at radius 3 is 2.28 bits per heavy atom. The number of likely N-dealkylation sites (N-methyl/N-ethyl adjacent to an activating group) is 1. The Morgan fingerprint density at radius 2 is 1.83 bits per heavy atom. The highest BCUT2D eigenvalue weighted by molar-refractivity contribution is 6.34. The van der Waals surface area contributed by atoms with Crippen molar-refractivity contribution in [1.29, 1.82) is 0 Å². The van der Waals surface area contributed by atoms with Crippen molar-refractivity contribution in [3.63, 3.8) is 0 Å². The van der Waals surface area contributed by atoms with Gasteiger partial charge in [0.25, 0.3) is 0 Å². The van der Waals surface area contributed by atoms with Crippen LogP contribution in [0.2, 0.25) is 0 Å². The van der Waals surface area contributed by atoms with Gasteiger partial charge in [-0.2, -0.15) is 13.2 Å². The summed E-state index contributed by atoms with van der Waals surface area (Å²) >= 11 is 0. The topological polar surface area (TPSA) is 52.7 Å². The summed E-state index contributed by atoms with van der Waals surface area (Å²) in [6, 6.07) is 0. The highest BCUT2D eigenvalue weighted by Gasteiger charge is 2.35. The van der Waals surface area contributed by atoms with Gasteiger partial charge in [-0.1, -0.05) is 0 Å². The maximum atomic E-state index is 12.2. The van der Waals surface area contributed by atoms with Crippen molar-refractivity contribution in [3.8, 4) is 0 Å². The van der Waals surface area contributed by atoms with Gasteiger partial charge in [0.05, 0.1) is 0 Å². The second-order valence-electron chi connectivity index (χ2n) is 3.98. The summed E-state index contributed by atoms with van der Waals surface area (Å²) in [6.07, 6.45) is -4.49. The van der Waals surface area contributed by atoms with Gasteiger partial charge in [-0.3, -0.25) is 9.59 Å². The molecule has 0 unspecified atom stereocenters. The van der Waals surface area contributed by atoms with Crippen LogP contribution < -0.4 is 5.32 Å². The fourth-order valence-electron chi connectivity index (χ4n) is 1.68. The number of halogens is 3. The zero-order valence-electron chi connectivity index (χ0n) is 10.1. The largest absolute Gasteiger partial charge is 0.406 e. The van der Waals surface area contributed by atoms with Crippen LogP contribution in [0.1, 0.15) is 6.92 Å². The molecule has 1 N–H and O–H groups in total. The normalized spacial score (nSPS) is 16.6. The Balaban J connectivity index is 2.62. The van der Waals surface area contributed by atoms with E-state index in [1.165, 1.54) is 11.8 Å². The first-order valence-corrected chi connectivity index (χ1v) is 5.71. The first-order chi connectivity index (χ1) is 8.35. The zero-order chi connectivity index (χ0) is 13.8. The number of carbonyl (C=O) groups excluding carboxylic acids is 2. The number of hydrogen-bond donors (Lipinski definition) is 1. The molecule has 0 aromatic heterocycles. The number of piperazine rings is 1. The van der Waals surface area contributed by atoms with Crippen LogP contribution in [-0.4, -0.2) is 67.1 Å². The fraction of sp³-hybridized carbons (Fsp3) is 0.800. The lowest BCUT2D eigenvalue weighted by Crippen LogP contribution is -2.53. The predicted octanol–water partition coefficient (Wildman–Crippen LogP) is -0.171. The van der Waals surface area contributed by atoms with Gasteiger partial charge in [-0.05, 0) is 6.92 Å². The molecule has 18 heavy (non-hydrogen) atoms. The van der Waals surface area contributed by atoms with Crippen LogP contribution in [0, 0.1) is 0 Å². The number of rotatable bonds is 2. The first kappa shape index (κ1) is 14.7. The maximum Gasteiger partial charge on any atom is 0.406 e.